The van der Waals surface area contributed by atoms with Gasteiger partial charge in [0.15, 0.2) is 0 Å². The predicted octanol–water partition coefficient (Wildman–Crippen LogP) is 2.19. The maximum absolute atomic E-state index is 11.6. The van der Waals surface area contributed by atoms with Crippen molar-refractivity contribution in [3.8, 4) is 0 Å². The third-order valence-electron chi connectivity index (χ3n) is 2.80. The third-order valence-corrected chi connectivity index (χ3v) is 3.15. The zero-order valence-electron chi connectivity index (χ0n) is 9.38. The van der Waals surface area contributed by atoms with Crippen LogP contribution in [0.5, 0.6) is 0 Å². The summed E-state index contributed by atoms with van der Waals surface area (Å²) in [7, 11) is 1.85. The normalized spacial score (nSPS) is 21.3. The lowest BCUT2D eigenvalue weighted by molar-refractivity contribution is -0.130. The fourth-order valence-corrected chi connectivity index (χ4v) is 2.29. The quantitative estimate of drug-likeness (QED) is 0.721. The topological polar surface area (TPSA) is 29.5 Å². The van der Waals surface area contributed by atoms with Crippen LogP contribution in [0, 0.1) is 0 Å². The van der Waals surface area contributed by atoms with Crippen LogP contribution in [-0.4, -0.2) is 42.4 Å². The molecule has 1 fully saturated rings. The van der Waals surface area contributed by atoms with E-state index in [4.69, 9.17) is 4.74 Å². The molecule has 1 aliphatic rings. The smallest absolute Gasteiger partial charge is 0.222 e. The number of carbonyl (C=O) groups excluding carboxylic acids is 1. The van der Waals surface area contributed by atoms with Crippen LogP contribution in [0.4, 0.5) is 0 Å². The highest BCUT2D eigenvalue weighted by Gasteiger charge is 2.16. The first-order valence-electron chi connectivity index (χ1n) is 5.65. The van der Waals surface area contributed by atoms with Gasteiger partial charge in [0.05, 0.1) is 6.10 Å². The summed E-state index contributed by atoms with van der Waals surface area (Å²) >= 11 is 3.33. The van der Waals surface area contributed by atoms with Crippen molar-refractivity contribution in [2.75, 3.05) is 25.5 Å². The molecule has 88 valence electrons. The van der Waals surface area contributed by atoms with Gasteiger partial charge in [-0.25, -0.2) is 0 Å². The Morgan fingerprint density at radius 2 is 2.33 bits per heavy atom. The van der Waals surface area contributed by atoms with Gasteiger partial charge in [0, 0.05) is 32.0 Å². The molecule has 0 aromatic rings. The van der Waals surface area contributed by atoms with Crippen LogP contribution in [0.1, 0.15) is 32.1 Å². The summed E-state index contributed by atoms with van der Waals surface area (Å²) in [6.45, 7) is 1.65. The predicted molar refractivity (Wildman–Crippen MR) is 64.3 cm³/mol. The molecule has 4 heteroatoms. The van der Waals surface area contributed by atoms with E-state index in [2.05, 4.69) is 15.9 Å². The Balaban J connectivity index is 2.14. The molecule has 0 aromatic carbocycles. The molecule has 0 saturated carbocycles. The molecular formula is C11H20BrNO2. The minimum absolute atomic E-state index is 0.226. The SMILES string of the molecule is CN(CCBr)C(=O)CCC1CCCCO1. The summed E-state index contributed by atoms with van der Waals surface area (Å²) in [5, 5.41) is 0.842. The van der Waals surface area contributed by atoms with Gasteiger partial charge in [0.25, 0.3) is 0 Å². The van der Waals surface area contributed by atoms with Crippen molar-refractivity contribution in [1.82, 2.24) is 4.90 Å². The minimum atomic E-state index is 0.226. The van der Waals surface area contributed by atoms with Crippen LogP contribution in [0.2, 0.25) is 0 Å². The molecule has 0 radical (unpaired) electrons. The molecule has 1 rings (SSSR count). The van der Waals surface area contributed by atoms with Crippen molar-refractivity contribution in [2.45, 2.75) is 38.2 Å². The molecule has 3 nitrogen and oxygen atoms in total. The van der Waals surface area contributed by atoms with Crippen LogP contribution >= 0.6 is 15.9 Å². The van der Waals surface area contributed by atoms with E-state index in [-0.39, 0.29) is 5.91 Å². The molecule has 0 aliphatic carbocycles. The standard InChI is InChI=1S/C11H20BrNO2/c1-13(8-7-12)11(14)6-5-10-4-2-3-9-15-10/h10H,2-9H2,1H3. The molecule has 1 amide bonds. The van der Waals surface area contributed by atoms with Gasteiger partial charge in [0.1, 0.15) is 0 Å². The Morgan fingerprint density at radius 1 is 1.53 bits per heavy atom. The number of hydrogen-bond acceptors (Lipinski definition) is 2. The average Bonchev–Trinajstić information content (AvgIpc) is 2.27. The summed E-state index contributed by atoms with van der Waals surface area (Å²) in [5.41, 5.74) is 0. The highest BCUT2D eigenvalue weighted by atomic mass is 79.9. The summed E-state index contributed by atoms with van der Waals surface area (Å²) in [6.07, 6.45) is 5.36. The molecule has 1 heterocycles. The minimum Gasteiger partial charge on any atom is -0.378 e. The van der Waals surface area contributed by atoms with Crippen molar-refractivity contribution in [2.24, 2.45) is 0 Å². The lowest BCUT2D eigenvalue weighted by Gasteiger charge is -2.23. The molecule has 1 atom stereocenters. The van der Waals surface area contributed by atoms with Crippen LogP contribution in [0.15, 0.2) is 0 Å². The van der Waals surface area contributed by atoms with E-state index < -0.39 is 0 Å². The lowest BCUT2D eigenvalue weighted by Crippen LogP contribution is -2.30. The molecule has 1 unspecified atom stereocenters. The first-order valence-corrected chi connectivity index (χ1v) is 6.77. The number of halogens is 1. The Bertz CT molecular complexity index is 193. The van der Waals surface area contributed by atoms with Crippen LogP contribution in [0.3, 0.4) is 0 Å². The van der Waals surface area contributed by atoms with Gasteiger partial charge >= 0.3 is 0 Å². The molecule has 15 heavy (non-hydrogen) atoms. The molecule has 0 spiro atoms. The van der Waals surface area contributed by atoms with Crippen molar-refractivity contribution < 1.29 is 9.53 Å². The molecule has 0 bridgehead atoms. The molecule has 0 N–H and O–H groups in total. The maximum atomic E-state index is 11.6. The number of rotatable bonds is 5. The maximum Gasteiger partial charge on any atom is 0.222 e. The second kappa shape index (κ2) is 7.23. The van der Waals surface area contributed by atoms with Gasteiger partial charge in [-0.05, 0) is 25.7 Å². The Labute approximate surface area is 100 Å². The highest BCUT2D eigenvalue weighted by molar-refractivity contribution is 9.09. The Kier molecular flexibility index (Phi) is 6.25. The van der Waals surface area contributed by atoms with Crippen LogP contribution < -0.4 is 0 Å². The number of hydrogen-bond donors (Lipinski definition) is 0. The van der Waals surface area contributed by atoms with Crippen molar-refractivity contribution in [1.29, 1.82) is 0 Å². The number of alkyl halides is 1. The van der Waals surface area contributed by atoms with E-state index >= 15 is 0 Å². The summed E-state index contributed by atoms with van der Waals surface area (Å²) in [6, 6.07) is 0. The zero-order chi connectivity index (χ0) is 11.1. The van der Waals surface area contributed by atoms with Gasteiger partial charge in [-0.15, -0.1) is 0 Å². The van der Waals surface area contributed by atoms with E-state index in [0.717, 1.165) is 31.3 Å². The van der Waals surface area contributed by atoms with E-state index in [1.54, 1.807) is 4.90 Å². The van der Waals surface area contributed by atoms with Crippen molar-refractivity contribution in [3.05, 3.63) is 0 Å². The van der Waals surface area contributed by atoms with Crippen molar-refractivity contribution >= 4 is 21.8 Å². The van der Waals surface area contributed by atoms with Crippen LogP contribution in [0.25, 0.3) is 0 Å². The lowest BCUT2D eigenvalue weighted by atomic mass is 10.0. The molecular weight excluding hydrogens is 258 g/mol. The fourth-order valence-electron chi connectivity index (χ4n) is 1.76. The average molecular weight is 278 g/mol. The third kappa shape index (κ3) is 4.98. The van der Waals surface area contributed by atoms with Gasteiger partial charge in [0.2, 0.25) is 5.91 Å². The Morgan fingerprint density at radius 3 is 2.93 bits per heavy atom. The summed E-state index contributed by atoms with van der Waals surface area (Å²) < 4.78 is 5.59. The fraction of sp³-hybridized carbons (Fsp3) is 0.909. The van der Waals surface area contributed by atoms with E-state index in [1.165, 1.54) is 12.8 Å². The second-order valence-corrected chi connectivity index (χ2v) is 4.82. The van der Waals surface area contributed by atoms with Crippen molar-refractivity contribution in [3.63, 3.8) is 0 Å². The van der Waals surface area contributed by atoms with E-state index in [0.29, 0.717) is 12.5 Å². The van der Waals surface area contributed by atoms with E-state index in [1.807, 2.05) is 7.05 Å². The Hall–Kier alpha value is -0.0900. The molecule has 1 aliphatic heterocycles. The monoisotopic (exact) mass is 277 g/mol. The van der Waals surface area contributed by atoms with Gasteiger partial charge < -0.3 is 9.64 Å². The number of ether oxygens (including phenoxy) is 1. The highest BCUT2D eigenvalue weighted by Crippen LogP contribution is 2.17. The first kappa shape index (κ1) is 13.0. The van der Waals surface area contributed by atoms with Gasteiger partial charge in [-0.1, -0.05) is 15.9 Å². The van der Waals surface area contributed by atoms with Gasteiger partial charge in [-0.3, -0.25) is 4.79 Å². The number of amides is 1. The molecule has 1 saturated heterocycles. The van der Waals surface area contributed by atoms with Gasteiger partial charge in [-0.2, -0.15) is 0 Å². The van der Waals surface area contributed by atoms with Crippen LogP contribution in [-0.2, 0) is 9.53 Å². The largest absolute Gasteiger partial charge is 0.378 e. The number of carbonyl (C=O) groups is 1. The molecule has 0 aromatic heterocycles. The van der Waals surface area contributed by atoms with E-state index in [9.17, 15) is 4.79 Å². The second-order valence-electron chi connectivity index (χ2n) is 4.03. The summed E-state index contributed by atoms with van der Waals surface area (Å²) in [5.74, 6) is 0.226. The first-order chi connectivity index (χ1) is 7.24. The summed E-state index contributed by atoms with van der Waals surface area (Å²) in [4.78, 5) is 13.4. The number of nitrogens with zero attached hydrogens (tertiary/aromatic N) is 1. The zero-order valence-corrected chi connectivity index (χ0v) is 11.0.